The molecule has 7 heteroatoms. The van der Waals surface area contributed by atoms with Gasteiger partial charge < -0.3 is 15.5 Å². The van der Waals surface area contributed by atoms with Crippen LogP contribution in [0.25, 0.3) is 0 Å². The molecule has 1 aromatic rings. The number of benzene rings is 1. The number of nitrogens with zero attached hydrogens (tertiary/aromatic N) is 1. The Morgan fingerprint density at radius 3 is 2.46 bits per heavy atom. The largest absolute Gasteiger partial charge is 0.342 e. The van der Waals surface area contributed by atoms with Gasteiger partial charge in [0.1, 0.15) is 0 Å². The van der Waals surface area contributed by atoms with Gasteiger partial charge in [-0.1, -0.05) is 13.8 Å². The van der Waals surface area contributed by atoms with Crippen molar-refractivity contribution in [3.05, 3.63) is 24.3 Å². The van der Waals surface area contributed by atoms with Crippen molar-refractivity contribution in [1.82, 2.24) is 10.2 Å². The van der Waals surface area contributed by atoms with Crippen LogP contribution in [0.5, 0.6) is 0 Å². The lowest BCUT2D eigenvalue weighted by Gasteiger charge is -2.33. The Bertz CT molecular complexity index is 559. The first-order valence-corrected chi connectivity index (χ1v) is 9.00. The molecule has 0 saturated carbocycles. The van der Waals surface area contributed by atoms with E-state index in [1.807, 2.05) is 18.7 Å². The topological polar surface area (TPSA) is 61.4 Å². The van der Waals surface area contributed by atoms with Crippen molar-refractivity contribution in [1.29, 1.82) is 0 Å². The Hall–Kier alpha value is -1.76. The van der Waals surface area contributed by atoms with E-state index >= 15 is 0 Å². The summed E-state index contributed by atoms with van der Waals surface area (Å²) < 4.78 is 12.4. The van der Waals surface area contributed by atoms with Crippen molar-refractivity contribution in [2.45, 2.75) is 44.0 Å². The van der Waals surface area contributed by atoms with E-state index in [2.05, 4.69) is 10.6 Å². The minimum absolute atomic E-state index is 0.0586. The fraction of sp³-hybridized carbons (Fsp3) is 0.529. The van der Waals surface area contributed by atoms with Crippen molar-refractivity contribution in [2.24, 2.45) is 5.92 Å². The van der Waals surface area contributed by atoms with Gasteiger partial charge in [0.25, 0.3) is 0 Å². The molecule has 1 fully saturated rings. The van der Waals surface area contributed by atoms with Gasteiger partial charge in [0.05, 0.1) is 12.1 Å². The first kappa shape index (κ1) is 18.6. The Labute approximate surface area is 146 Å². The summed E-state index contributed by atoms with van der Waals surface area (Å²) in [6, 6.07) is 6.33. The van der Waals surface area contributed by atoms with Crippen LogP contribution in [0.4, 0.5) is 14.4 Å². The van der Waals surface area contributed by atoms with Crippen LogP contribution in [0.3, 0.4) is 0 Å². The van der Waals surface area contributed by atoms with Crippen LogP contribution in [0.1, 0.15) is 33.1 Å². The predicted octanol–water partition coefficient (Wildman–Crippen LogP) is 3.82. The summed E-state index contributed by atoms with van der Waals surface area (Å²) in [5.41, 5.74) is 0.620. The lowest BCUT2D eigenvalue weighted by atomic mass is 10.0. The molecule has 1 aliphatic heterocycles. The number of rotatable bonds is 5. The highest BCUT2D eigenvalue weighted by Crippen LogP contribution is 2.21. The normalized spacial score (nSPS) is 16.5. The quantitative estimate of drug-likeness (QED) is 0.846. The summed E-state index contributed by atoms with van der Waals surface area (Å²) in [4.78, 5) is 26.6. The van der Waals surface area contributed by atoms with Crippen molar-refractivity contribution in [3.63, 3.8) is 0 Å². The molecule has 0 spiro atoms. The smallest absolute Gasteiger partial charge is 0.319 e. The maximum absolute atomic E-state index is 12.4. The molecule has 1 saturated heterocycles. The average Bonchev–Trinajstić information content (AvgIpc) is 2.61. The summed E-state index contributed by atoms with van der Waals surface area (Å²) in [7, 11) is 0. The minimum atomic E-state index is -0.276. The highest BCUT2D eigenvalue weighted by atomic mass is 32.2. The Balaban J connectivity index is 1.76. The van der Waals surface area contributed by atoms with E-state index in [-0.39, 0.29) is 36.0 Å². The SMILES string of the molecule is CCC(C)C(=O)N1CCC(NC(=O)Nc2ccc(SF)cc2)CC1. The molecule has 1 aliphatic rings. The van der Waals surface area contributed by atoms with Crippen LogP contribution in [0, 0.1) is 5.92 Å². The molecular formula is C17H24FN3O2S. The Morgan fingerprint density at radius 2 is 1.92 bits per heavy atom. The minimum Gasteiger partial charge on any atom is -0.342 e. The highest BCUT2D eigenvalue weighted by molar-refractivity contribution is 7.94. The third-order valence-electron chi connectivity index (χ3n) is 4.38. The van der Waals surface area contributed by atoms with Crippen molar-refractivity contribution in [3.8, 4) is 0 Å². The summed E-state index contributed by atoms with van der Waals surface area (Å²) in [5.74, 6) is 0.259. The maximum Gasteiger partial charge on any atom is 0.319 e. The molecule has 2 rings (SSSR count). The number of anilines is 1. The molecule has 0 aliphatic carbocycles. The molecular weight excluding hydrogens is 329 g/mol. The van der Waals surface area contributed by atoms with E-state index in [1.54, 1.807) is 24.3 Å². The number of hydrogen-bond acceptors (Lipinski definition) is 3. The Kier molecular flexibility index (Phi) is 6.90. The number of piperidine rings is 1. The number of amides is 3. The molecule has 1 heterocycles. The highest BCUT2D eigenvalue weighted by Gasteiger charge is 2.25. The molecule has 0 bridgehead atoms. The molecule has 24 heavy (non-hydrogen) atoms. The zero-order chi connectivity index (χ0) is 17.5. The lowest BCUT2D eigenvalue weighted by molar-refractivity contribution is -0.136. The van der Waals surface area contributed by atoms with Gasteiger partial charge in [0, 0.05) is 35.6 Å². The van der Waals surface area contributed by atoms with Crippen LogP contribution < -0.4 is 10.6 Å². The third-order valence-corrected chi connectivity index (χ3v) is 4.83. The second-order valence-electron chi connectivity index (χ2n) is 6.11. The first-order valence-electron chi connectivity index (χ1n) is 8.28. The summed E-state index contributed by atoms with van der Waals surface area (Å²) in [5, 5.41) is 5.67. The number of carbonyl (C=O) groups excluding carboxylic acids is 2. The summed E-state index contributed by atoms with van der Waals surface area (Å²) in [6.07, 6.45) is 2.36. The van der Waals surface area contributed by atoms with Gasteiger partial charge in [-0.05, 0) is 43.5 Å². The molecule has 1 aromatic carbocycles. The van der Waals surface area contributed by atoms with Gasteiger partial charge in [-0.3, -0.25) is 4.79 Å². The number of nitrogens with one attached hydrogen (secondary N) is 2. The van der Waals surface area contributed by atoms with Crippen molar-refractivity contribution < 1.29 is 13.5 Å². The lowest BCUT2D eigenvalue weighted by Crippen LogP contribution is -2.48. The van der Waals surface area contributed by atoms with Gasteiger partial charge in [-0.15, -0.1) is 0 Å². The average molecular weight is 353 g/mol. The van der Waals surface area contributed by atoms with Crippen LogP contribution in [-0.2, 0) is 4.79 Å². The van der Waals surface area contributed by atoms with E-state index in [1.165, 1.54) is 0 Å². The van der Waals surface area contributed by atoms with Crippen LogP contribution in [-0.4, -0.2) is 36.0 Å². The van der Waals surface area contributed by atoms with Gasteiger partial charge in [-0.2, -0.15) is 3.89 Å². The zero-order valence-corrected chi connectivity index (χ0v) is 14.9. The molecule has 132 valence electrons. The third kappa shape index (κ3) is 5.12. The van der Waals surface area contributed by atoms with Gasteiger partial charge >= 0.3 is 6.03 Å². The molecule has 1 unspecified atom stereocenters. The number of halogens is 1. The van der Waals surface area contributed by atoms with Crippen molar-refractivity contribution in [2.75, 3.05) is 18.4 Å². The second kappa shape index (κ2) is 8.92. The monoisotopic (exact) mass is 353 g/mol. The van der Waals surface area contributed by atoms with E-state index in [9.17, 15) is 13.5 Å². The standard InChI is InChI=1S/C17H24FN3O2S/c1-3-12(2)16(22)21-10-8-14(9-11-21)20-17(23)19-13-4-6-15(24-18)7-5-13/h4-7,12,14H,3,8-11H2,1-2H3,(H2,19,20,23). The van der Waals surface area contributed by atoms with E-state index < -0.39 is 0 Å². The number of hydrogen-bond donors (Lipinski definition) is 2. The molecule has 2 N–H and O–H groups in total. The summed E-state index contributed by atoms with van der Waals surface area (Å²) in [6.45, 7) is 5.32. The molecule has 1 atom stereocenters. The Morgan fingerprint density at radius 1 is 1.29 bits per heavy atom. The molecule has 0 aromatic heterocycles. The summed E-state index contributed by atoms with van der Waals surface area (Å²) >= 11 is 0.170. The van der Waals surface area contributed by atoms with E-state index in [0.29, 0.717) is 23.7 Å². The predicted molar refractivity (Wildman–Crippen MR) is 94.6 cm³/mol. The first-order chi connectivity index (χ1) is 11.5. The second-order valence-corrected chi connectivity index (χ2v) is 6.73. The fourth-order valence-electron chi connectivity index (χ4n) is 2.67. The fourth-order valence-corrected chi connectivity index (χ4v) is 2.91. The molecule has 3 amide bonds. The van der Waals surface area contributed by atoms with Gasteiger partial charge in [-0.25, -0.2) is 4.79 Å². The maximum atomic E-state index is 12.4. The van der Waals surface area contributed by atoms with Crippen LogP contribution >= 0.6 is 12.1 Å². The molecule has 0 radical (unpaired) electrons. The van der Waals surface area contributed by atoms with Gasteiger partial charge in [0.2, 0.25) is 5.91 Å². The van der Waals surface area contributed by atoms with E-state index in [0.717, 1.165) is 19.3 Å². The number of likely N-dealkylation sites (tertiary alicyclic amines) is 1. The number of urea groups is 1. The van der Waals surface area contributed by atoms with Gasteiger partial charge in [0.15, 0.2) is 0 Å². The zero-order valence-electron chi connectivity index (χ0n) is 14.0. The molecule has 5 nitrogen and oxygen atoms in total. The van der Waals surface area contributed by atoms with E-state index in [4.69, 9.17) is 0 Å². The van der Waals surface area contributed by atoms with Crippen LogP contribution in [0.15, 0.2) is 29.2 Å². The van der Waals surface area contributed by atoms with Crippen LogP contribution in [0.2, 0.25) is 0 Å². The number of carbonyl (C=O) groups is 2. The van der Waals surface area contributed by atoms with Crippen molar-refractivity contribution >= 4 is 29.8 Å².